The Bertz CT molecular complexity index is 796. The lowest BCUT2D eigenvalue weighted by atomic mass is 9.90. The van der Waals surface area contributed by atoms with Crippen molar-refractivity contribution in [3.63, 3.8) is 0 Å². The molecule has 0 aliphatic rings. The van der Waals surface area contributed by atoms with Gasteiger partial charge in [0.2, 0.25) is 0 Å². The van der Waals surface area contributed by atoms with Gasteiger partial charge in [-0.2, -0.15) is 5.26 Å². The largest absolute Gasteiger partial charge is 0.332 e. The van der Waals surface area contributed by atoms with Crippen LogP contribution in [0, 0.1) is 17.2 Å². The number of hydrogen-bond donors (Lipinski definition) is 2. The number of halogens is 2. The summed E-state index contributed by atoms with van der Waals surface area (Å²) in [5.41, 5.74) is -0.925. The quantitative estimate of drug-likeness (QED) is 0.727. The molecule has 0 spiro atoms. The van der Waals surface area contributed by atoms with Crippen molar-refractivity contribution < 1.29 is 9.18 Å². The van der Waals surface area contributed by atoms with Gasteiger partial charge >= 0.3 is 6.03 Å². The molecule has 2 rings (SSSR count). The predicted octanol–water partition coefficient (Wildman–Crippen LogP) is 5.13. The zero-order valence-electron chi connectivity index (χ0n) is 14.3. The van der Waals surface area contributed by atoms with Crippen molar-refractivity contribution in [2.24, 2.45) is 5.92 Å². The lowest BCUT2D eigenvalue weighted by molar-refractivity contribution is 0.138. The number of nitriles is 1. The Morgan fingerprint density at radius 2 is 2.24 bits per heavy atom. The van der Waals surface area contributed by atoms with Crippen LogP contribution in [-0.2, 0) is 0 Å². The molecule has 1 heterocycles. The Morgan fingerprint density at radius 1 is 1.52 bits per heavy atom. The fourth-order valence-electron chi connectivity index (χ4n) is 2.35. The Morgan fingerprint density at radius 3 is 2.84 bits per heavy atom. The van der Waals surface area contributed by atoms with E-state index in [-0.39, 0.29) is 12.3 Å². The molecule has 0 saturated heterocycles. The number of anilines is 1. The Hall–Kier alpha value is -1.91. The lowest BCUT2D eigenvalue weighted by Crippen LogP contribution is -2.49. The molecule has 25 heavy (non-hydrogen) atoms. The number of nitrogens with one attached hydrogen (secondary N) is 2. The molecule has 2 N–H and O–H groups in total. The smallest absolute Gasteiger partial charge is 0.321 e. The summed E-state index contributed by atoms with van der Waals surface area (Å²) < 4.78 is 15.3. The van der Waals surface area contributed by atoms with E-state index >= 15 is 0 Å². The van der Waals surface area contributed by atoms with Crippen LogP contribution in [0.2, 0.25) is 5.02 Å². The highest BCUT2D eigenvalue weighted by atomic mass is 35.5. The van der Waals surface area contributed by atoms with Gasteiger partial charge < -0.3 is 5.32 Å². The van der Waals surface area contributed by atoms with Crippen LogP contribution in [-0.4, -0.2) is 22.7 Å². The van der Waals surface area contributed by atoms with Gasteiger partial charge in [-0.1, -0.05) is 29.9 Å². The zero-order valence-corrected chi connectivity index (χ0v) is 15.8. The van der Waals surface area contributed by atoms with Crippen molar-refractivity contribution in [3.8, 4) is 6.07 Å². The number of urea groups is 1. The number of amides is 2. The lowest BCUT2D eigenvalue weighted by Gasteiger charge is -2.29. The fourth-order valence-corrected chi connectivity index (χ4v) is 3.49. The van der Waals surface area contributed by atoms with E-state index in [4.69, 9.17) is 16.9 Å². The summed E-state index contributed by atoms with van der Waals surface area (Å²) in [4.78, 5) is 16.5. The normalized spacial score (nSPS) is 13.9. The minimum Gasteiger partial charge on any atom is -0.332 e. The summed E-state index contributed by atoms with van der Waals surface area (Å²) in [6.07, 6.45) is 0.852. The topological polar surface area (TPSA) is 77.8 Å². The second kappa shape index (κ2) is 7.98. The zero-order chi connectivity index (χ0) is 18.6. The summed E-state index contributed by atoms with van der Waals surface area (Å²) in [5.74, 6) is -0.315. The number of alkyl halides is 1. The molecule has 0 saturated carbocycles. The van der Waals surface area contributed by atoms with Gasteiger partial charge in [-0.05, 0) is 44.9 Å². The molecule has 2 aromatic rings. The van der Waals surface area contributed by atoms with Crippen molar-refractivity contribution in [2.45, 2.75) is 45.3 Å². The van der Waals surface area contributed by atoms with Crippen molar-refractivity contribution in [3.05, 3.63) is 23.2 Å². The Balaban J connectivity index is 2.08. The molecule has 1 aromatic heterocycles. The van der Waals surface area contributed by atoms with Gasteiger partial charge in [0.15, 0.2) is 5.13 Å². The first-order valence-corrected chi connectivity index (χ1v) is 9.14. The molecular weight excluding hydrogens is 363 g/mol. The van der Waals surface area contributed by atoms with E-state index in [9.17, 15) is 9.18 Å². The Kier molecular flexibility index (Phi) is 6.20. The van der Waals surface area contributed by atoms with Crippen molar-refractivity contribution in [2.75, 3.05) is 5.32 Å². The number of hydrogen-bond acceptors (Lipinski definition) is 4. The van der Waals surface area contributed by atoms with E-state index < -0.39 is 17.7 Å². The summed E-state index contributed by atoms with van der Waals surface area (Å²) in [6, 6.07) is 6.07. The van der Waals surface area contributed by atoms with Gasteiger partial charge in [0.25, 0.3) is 0 Å². The summed E-state index contributed by atoms with van der Waals surface area (Å²) >= 11 is 7.22. The summed E-state index contributed by atoms with van der Waals surface area (Å²) in [5, 5.41) is 15.3. The van der Waals surface area contributed by atoms with Crippen LogP contribution in [0.1, 0.15) is 33.6 Å². The van der Waals surface area contributed by atoms with E-state index in [1.54, 1.807) is 18.2 Å². The monoisotopic (exact) mass is 382 g/mol. The third kappa shape index (κ3) is 5.28. The summed E-state index contributed by atoms with van der Waals surface area (Å²) in [6.45, 7) is 4.64. The third-order valence-electron chi connectivity index (χ3n) is 3.90. The minimum absolute atomic E-state index is 0.249. The van der Waals surface area contributed by atoms with Crippen molar-refractivity contribution in [1.82, 2.24) is 10.3 Å². The molecule has 2 amide bonds. The first kappa shape index (κ1) is 19.4. The first-order valence-electron chi connectivity index (χ1n) is 7.95. The molecule has 0 radical (unpaired) electrons. The second-order valence-corrected chi connectivity index (χ2v) is 7.78. The predicted molar refractivity (Wildman–Crippen MR) is 99.8 cm³/mol. The molecule has 0 aliphatic heterocycles. The molecule has 8 heteroatoms. The number of rotatable bonds is 6. The van der Waals surface area contributed by atoms with Crippen molar-refractivity contribution in [1.29, 1.82) is 5.26 Å². The highest BCUT2D eigenvalue weighted by molar-refractivity contribution is 7.22. The number of fused-ring (bicyclic) bond motifs is 1. The maximum Gasteiger partial charge on any atom is 0.321 e. The number of carbonyl (C=O) groups is 1. The minimum atomic E-state index is -1.65. The average molecular weight is 383 g/mol. The average Bonchev–Trinajstić information content (AvgIpc) is 2.91. The molecule has 2 unspecified atom stereocenters. The number of nitrogens with zero attached hydrogens (tertiary/aromatic N) is 2. The highest BCUT2D eigenvalue weighted by Gasteiger charge is 2.32. The third-order valence-corrected chi connectivity index (χ3v) is 5.07. The van der Waals surface area contributed by atoms with Crippen LogP contribution >= 0.6 is 22.9 Å². The summed E-state index contributed by atoms with van der Waals surface area (Å²) in [7, 11) is 0. The van der Waals surface area contributed by atoms with Crippen molar-refractivity contribution >= 4 is 44.3 Å². The first-order chi connectivity index (χ1) is 11.7. The molecule has 5 nitrogen and oxygen atoms in total. The maximum absolute atomic E-state index is 14.4. The SMILES string of the molecule is CCC(C#N)CC(NC(=O)Nc1nc2ccc(Cl)cc2s1)C(C)(C)F. The van der Waals surface area contributed by atoms with E-state index in [0.29, 0.717) is 16.6 Å². The van der Waals surface area contributed by atoms with Gasteiger partial charge in [0.1, 0.15) is 5.67 Å². The molecule has 2 atom stereocenters. The van der Waals surface area contributed by atoms with Crippen LogP contribution in [0.15, 0.2) is 18.2 Å². The van der Waals surface area contributed by atoms with Gasteiger partial charge in [-0.3, -0.25) is 5.32 Å². The van der Waals surface area contributed by atoms with Gasteiger partial charge in [0.05, 0.1) is 22.3 Å². The molecule has 0 aliphatic carbocycles. The van der Waals surface area contributed by atoms with Crippen LogP contribution < -0.4 is 10.6 Å². The molecular formula is C17H20ClFN4OS. The van der Waals surface area contributed by atoms with Crippen LogP contribution in [0.25, 0.3) is 10.2 Å². The van der Waals surface area contributed by atoms with E-state index in [1.165, 1.54) is 25.2 Å². The molecule has 0 fully saturated rings. The second-order valence-electron chi connectivity index (χ2n) is 6.32. The number of thiazole rings is 1. The van der Waals surface area contributed by atoms with Gasteiger partial charge in [0, 0.05) is 10.9 Å². The standard InChI is InChI=1S/C17H20ClFN4OS/c1-4-10(9-20)7-14(17(2,3)19)22-15(24)23-16-21-12-6-5-11(18)8-13(12)25-16/h5-6,8,10,14H,4,7H2,1-3H3,(H2,21,22,23,24). The van der Waals surface area contributed by atoms with E-state index in [2.05, 4.69) is 21.7 Å². The van der Waals surface area contributed by atoms with Crippen LogP contribution in [0.4, 0.5) is 14.3 Å². The molecule has 0 bridgehead atoms. The Labute approximate surface area is 155 Å². The fraction of sp³-hybridized carbons (Fsp3) is 0.471. The van der Waals surface area contributed by atoms with Crippen LogP contribution in [0.5, 0.6) is 0 Å². The molecule has 1 aromatic carbocycles. The van der Waals surface area contributed by atoms with E-state index in [0.717, 1.165) is 10.2 Å². The van der Waals surface area contributed by atoms with Crippen LogP contribution in [0.3, 0.4) is 0 Å². The number of carbonyl (C=O) groups excluding carboxylic acids is 1. The number of benzene rings is 1. The molecule has 134 valence electrons. The highest BCUT2D eigenvalue weighted by Crippen LogP contribution is 2.28. The maximum atomic E-state index is 14.4. The van der Waals surface area contributed by atoms with Gasteiger partial charge in [-0.15, -0.1) is 0 Å². The van der Waals surface area contributed by atoms with Gasteiger partial charge in [-0.25, -0.2) is 14.2 Å². The van der Waals surface area contributed by atoms with E-state index in [1.807, 2.05) is 6.92 Å². The number of aromatic nitrogens is 1.